The third kappa shape index (κ3) is 3.81. The Balaban J connectivity index is 2.60. The van der Waals surface area contributed by atoms with E-state index in [2.05, 4.69) is 15.9 Å². The molecule has 0 heterocycles. The second kappa shape index (κ2) is 5.79. The first-order valence-corrected chi connectivity index (χ1v) is 8.86. The molecule has 0 radical (unpaired) electrons. The highest BCUT2D eigenvalue weighted by atomic mass is 79.9. The highest BCUT2D eigenvalue weighted by molar-refractivity contribution is 9.10. The van der Waals surface area contributed by atoms with Gasteiger partial charge in [0.1, 0.15) is 0 Å². The van der Waals surface area contributed by atoms with Crippen LogP contribution in [0.25, 0.3) is 0 Å². The van der Waals surface area contributed by atoms with Gasteiger partial charge in [-0.25, -0.2) is 0 Å². The zero-order chi connectivity index (χ0) is 18.6. The monoisotopic (exact) mass is 439 g/mol. The third-order valence-corrected chi connectivity index (χ3v) is 5.92. The van der Waals surface area contributed by atoms with Crippen molar-refractivity contribution in [3.8, 4) is 0 Å². The van der Waals surface area contributed by atoms with Crippen molar-refractivity contribution in [1.29, 1.82) is 0 Å². The number of hydrogen-bond donors (Lipinski definition) is 0. The number of hydrogen-bond acceptors (Lipinski definition) is 2. The van der Waals surface area contributed by atoms with Crippen LogP contribution in [0.2, 0.25) is 0 Å². The van der Waals surface area contributed by atoms with Gasteiger partial charge in [0, 0.05) is 11.0 Å². The van der Waals surface area contributed by atoms with Gasteiger partial charge in [-0.05, 0) is 52.4 Å². The summed E-state index contributed by atoms with van der Waals surface area (Å²) in [6.07, 6.45) is -3.83. The molecule has 0 bridgehead atoms. The van der Waals surface area contributed by atoms with E-state index in [-0.39, 0.29) is 8.78 Å². The number of rotatable bonds is 4. The lowest BCUT2D eigenvalue weighted by Crippen LogP contribution is -2.43. The molecule has 24 heavy (non-hydrogen) atoms. The molecule has 0 unspecified atom stereocenters. The van der Waals surface area contributed by atoms with Gasteiger partial charge in [-0.15, -0.1) is 0 Å². The molecule has 0 aliphatic heterocycles. The van der Waals surface area contributed by atoms with Gasteiger partial charge < -0.3 is 0 Å². The molecule has 1 aliphatic rings. The molecule has 1 saturated carbocycles. The summed E-state index contributed by atoms with van der Waals surface area (Å²) in [6.45, 7) is 1.03. The molecule has 136 valence electrons. The number of halogens is 7. The summed E-state index contributed by atoms with van der Waals surface area (Å²) in [5, 5.41) is 0. The first-order chi connectivity index (χ1) is 10.7. The summed E-state index contributed by atoms with van der Waals surface area (Å²) in [7, 11) is -5.83. The molecule has 0 saturated heterocycles. The standard InChI is InChI=1S/C13H12BrF6NO2S/c1-11(4-5-11)7-21(24(22,23)13(18,19)20)10-6-8(12(15,16)17)2-3-9(10)14/h2-3,6H,4-5,7H2,1H3. The second-order valence-electron chi connectivity index (χ2n) is 5.93. The highest BCUT2D eigenvalue weighted by Crippen LogP contribution is 2.49. The van der Waals surface area contributed by atoms with Crippen molar-refractivity contribution < 1.29 is 34.8 Å². The van der Waals surface area contributed by atoms with Crippen LogP contribution >= 0.6 is 15.9 Å². The van der Waals surface area contributed by atoms with Gasteiger partial charge >= 0.3 is 21.7 Å². The van der Waals surface area contributed by atoms with Gasteiger partial charge in [0.2, 0.25) is 0 Å². The lowest BCUT2D eigenvalue weighted by atomic mass is 10.1. The fourth-order valence-corrected chi connectivity index (χ4v) is 3.74. The summed E-state index contributed by atoms with van der Waals surface area (Å²) in [5.74, 6) is 0. The SMILES string of the molecule is CC1(CN(c2cc(C(F)(F)F)ccc2Br)S(=O)(=O)C(F)(F)F)CC1. The van der Waals surface area contributed by atoms with E-state index in [9.17, 15) is 34.8 Å². The lowest BCUT2D eigenvalue weighted by Gasteiger charge is -2.29. The van der Waals surface area contributed by atoms with E-state index in [0.29, 0.717) is 25.0 Å². The van der Waals surface area contributed by atoms with Crippen LogP contribution in [0, 0.1) is 5.41 Å². The minimum Gasteiger partial charge on any atom is -0.261 e. The molecule has 11 heteroatoms. The Labute approximate surface area is 142 Å². The van der Waals surface area contributed by atoms with Crippen molar-refractivity contribution in [2.45, 2.75) is 31.5 Å². The van der Waals surface area contributed by atoms with Crippen molar-refractivity contribution in [2.75, 3.05) is 10.8 Å². The van der Waals surface area contributed by atoms with Gasteiger partial charge in [0.15, 0.2) is 0 Å². The minimum absolute atomic E-state index is 0.0132. The summed E-state index contributed by atoms with van der Waals surface area (Å²) in [4.78, 5) is 0. The van der Waals surface area contributed by atoms with Crippen molar-refractivity contribution in [1.82, 2.24) is 0 Å². The topological polar surface area (TPSA) is 37.4 Å². The van der Waals surface area contributed by atoms with E-state index in [0.717, 1.165) is 6.07 Å². The van der Waals surface area contributed by atoms with E-state index in [1.165, 1.54) is 0 Å². The van der Waals surface area contributed by atoms with Gasteiger partial charge in [0.25, 0.3) is 0 Å². The van der Waals surface area contributed by atoms with Crippen LogP contribution in [0.5, 0.6) is 0 Å². The molecule has 1 aromatic rings. The van der Waals surface area contributed by atoms with Crippen molar-refractivity contribution >= 4 is 31.6 Å². The van der Waals surface area contributed by atoms with Crippen molar-refractivity contribution in [3.63, 3.8) is 0 Å². The maximum absolute atomic E-state index is 13.0. The normalized spacial score (nSPS) is 17.7. The Bertz CT molecular complexity index is 740. The number of sulfonamides is 1. The number of benzene rings is 1. The number of alkyl halides is 6. The van der Waals surface area contributed by atoms with E-state index < -0.39 is 44.9 Å². The fraction of sp³-hybridized carbons (Fsp3) is 0.538. The average molecular weight is 440 g/mol. The molecule has 0 amide bonds. The van der Waals surface area contributed by atoms with Crippen LogP contribution in [0.15, 0.2) is 22.7 Å². The molecule has 0 atom stereocenters. The minimum atomic E-state index is -5.83. The zero-order valence-electron chi connectivity index (χ0n) is 12.2. The summed E-state index contributed by atoms with van der Waals surface area (Å²) in [6, 6.07) is 1.94. The van der Waals surface area contributed by atoms with E-state index in [1.807, 2.05) is 0 Å². The maximum Gasteiger partial charge on any atom is 0.516 e. The molecule has 1 aromatic carbocycles. The van der Waals surface area contributed by atoms with Crippen LogP contribution in [0.4, 0.5) is 32.0 Å². The number of anilines is 1. The molecule has 0 aromatic heterocycles. The van der Waals surface area contributed by atoms with E-state index in [4.69, 9.17) is 0 Å². The van der Waals surface area contributed by atoms with Crippen molar-refractivity contribution in [2.24, 2.45) is 5.41 Å². The molecule has 0 spiro atoms. The Hall–Kier alpha value is -0.970. The average Bonchev–Trinajstić information content (AvgIpc) is 3.12. The fourth-order valence-electron chi connectivity index (χ4n) is 2.02. The van der Waals surface area contributed by atoms with Gasteiger partial charge in [-0.2, -0.15) is 34.8 Å². The van der Waals surface area contributed by atoms with Crippen LogP contribution in [0.1, 0.15) is 25.3 Å². The van der Waals surface area contributed by atoms with E-state index in [1.54, 1.807) is 6.92 Å². The Morgan fingerprint density at radius 2 is 1.71 bits per heavy atom. The largest absolute Gasteiger partial charge is 0.516 e. The van der Waals surface area contributed by atoms with Gasteiger partial charge in [0.05, 0.1) is 11.3 Å². The molecule has 2 rings (SSSR count). The van der Waals surface area contributed by atoms with E-state index >= 15 is 0 Å². The molecule has 1 fully saturated rings. The third-order valence-electron chi connectivity index (χ3n) is 3.75. The van der Waals surface area contributed by atoms with Gasteiger partial charge in [-0.3, -0.25) is 4.31 Å². The second-order valence-corrected chi connectivity index (χ2v) is 8.64. The summed E-state index contributed by atoms with van der Waals surface area (Å²) >= 11 is 2.84. The molecule has 3 nitrogen and oxygen atoms in total. The Morgan fingerprint density at radius 3 is 2.12 bits per heavy atom. The zero-order valence-corrected chi connectivity index (χ0v) is 14.6. The van der Waals surface area contributed by atoms with Crippen LogP contribution in [-0.4, -0.2) is 20.5 Å². The lowest BCUT2D eigenvalue weighted by molar-refractivity contribution is -0.137. The highest BCUT2D eigenvalue weighted by Gasteiger charge is 2.53. The van der Waals surface area contributed by atoms with Crippen LogP contribution in [-0.2, 0) is 16.2 Å². The maximum atomic E-state index is 13.0. The summed E-state index contributed by atoms with van der Waals surface area (Å²) < 4.78 is 101. The Kier molecular flexibility index (Phi) is 4.67. The molecule has 0 N–H and O–H groups in total. The van der Waals surface area contributed by atoms with Crippen LogP contribution in [0.3, 0.4) is 0 Å². The molecular weight excluding hydrogens is 428 g/mol. The Morgan fingerprint density at radius 1 is 1.17 bits per heavy atom. The van der Waals surface area contributed by atoms with Crippen LogP contribution < -0.4 is 4.31 Å². The number of nitrogens with zero attached hydrogens (tertiary/aromatic N) is 1. The summed E-state index contributed by atoms with van der Waals surface area (Å²) in [5.41, 5.74) is -8.22. The predicted molar refractivity (Wildman–Crippen MR) is 78.8 cm³/mol. The van der Waals surface area contributed by atoms with Crippen molar-refractivity contribution in [3.05, 3.63) is 28.2 Å². The first kappa shape index (κ1) is 19.4. The van der Waals surface area contributed by atoms with Gasteiger partial charge in [-0.1, -0.05) is 6.92 Å². The first-order valence-electron chi connectivity index (χ1n) is 6.63. The molecular formula is C13H12BrF6NO2S. The molecule has 1 aliphatic carbocycles. The smallest absolute Gasteiger partial charge is 0.261 e. The predicted octanol–water partition coefficient (Wildman–Crippen LogP) is 4.92. The quantitative estimate of drug-likeness (QED) is 0.624.